The Bertz CT molecular complexity index is 738. The normalized spacial score (nSPS) is 23.0. The summed E-state index contributed by atoms with van der Waals surface area (Å²) in [7, 11) is 0. The number of nitrogens with one attached hydrogen (secondary N) is 1. The number of likely N-dealkylation sites (tertiary alicyclic amines) is 1. The van der Waals surface area contributed by atoms with E-state index in [-0.39, 0.29) is 18.1 Å². The van der Waals surface area contributed by atoms with Crippen LogP contribution in [0.15, 0.2) is 40.8 Å². The Morgan fingerprint density at radius 2 is 2.00 bits per heavy atom. The van der Waals surface area contributed by atoms with Crippen molar-refractivity contribution < 1.29 is 9.34 Å². The minimum absolute atomic E-state index is 0. The van der Waals surface area contributed by atoms with E-state index in [1.165, 1.54) is 25.0 Å². The Balaban J connectivity index is 0.00000182. The third-order valence-electron chi connectivity index (χ3n) is 5.25. The van der Waals surface area contributed by atoms with E-state index in [0.717, 1.165) is 49.8 Å². The van der Waals surface area contributed by atoms with Crippen LogP contribution in [0.1, 0.15) is 18.6 Å². The van der Waals surface area contributed by atoms with Crippen LogP contribution in [-0.2, 0) is 6.54 Å². The smallest absolute Gasteiger partial charge is 0.269 e. The van der Waals surface area contributed by atoms with E-state index >= 15 is 0 Å². The van der Waals surface area contributed by atoms with Gasteiger partial charge in [-0.1, -0.05) is 0 Å². The molecule has 4 rings (SSSR count). The minimum Gasteiger partial charge on any atom is -0.460 e. The summed E-state index contributed by atoms with van der Waals surface area (Å²) in [5.74, 6) is 1.71. The Morgan fingerprint density at radius 1 is 1.20 bits per heavy atom. The van der Waals surface area contributed by atoms with Gasteiger partial charge in [0.05, 0.1) is 11.5 Å². The monoisotopic (exact) mass is 363 g/mol. The molecule has 1 N–H and O–H groups in total. The van der Waals surface area contributed by atoms with E-state index in [1.54, 1.807) is 12.1 Å². The molecule has 0 aliphatic carbocycles. The second-order valence-electron chi connectivity index (χ2n) is 6.96. The van der Waals surface area contributed by atoms with Gasteiger partial charge in [0.25, 0.3) is 5.69 Å². The van der Waals surface area contributed by atoms with Crippen molar-refractivity contribution in [2.75, 3.05) is 26.2 Å². The zero-order valence-electron chi connectivity index (χ0n) is 13.9. The fourth-order valence-electron chi connectivity index (χ4n) is 3.89. The van der Waals surface area contributed by atoms with Crippen LogP contribution in [0, 0.1) is 15.5 Å². The molecule has 0 radical (unpaired) electrons. The predicted molar refractivity (Wildman–Crippen MR) is 97.9 cm³/mol. The highest BCUT2D eigenvalue weighted by Gasteiger charge is 2.40. The van der Waals surface area contributed by atoms with Crippen LogP contribution in [0.3, 0.4) is 0 Å². The van der Waals surface area contributed by atoms with Gasteiger partial charge in [0, 0.05) is 30.8 Å². The molecule has 1 aromatic heterocycles. The zero-order valence-corrected chi connectivity index (χ0v) is 14.8. The van der Waals surface area contributed by atoms with E-state index in [9.17, 15) is 10.1 Å². The van der Waals surface area contributed by atoms with Crippen LogP contribution in [0.4, 0.5) is 5.69 Å². The second kappa shape index (κ2) is 7.15. The highest BCUT2D eigenvalue weighted by Crippen LogP contribution is 2.37. The first-order chi connectivity index (χ1) is 11.6. The van der Waals surface area contributed by atoms with Gasteiger partial charge in [0.2, 0.25) is 0 Å². The fourth-order valence-corrected chi connectivity index (χ4v) is 3.89. The fraction of sp³-hybridized carbons (Fsp3) is 0.444. The zero-order chi connectivity index (χ0) is 16.6. The Hall–Kier alpha value is -1.89. The molecular weight excluding hydrogens is 342 g/mol. The molecule has 0 amide bonds. The topological polar surface area (TPSA) is 71.6 Å². The standard InChI is InChI=1S/C18H21N3O3.ClH/c22-21(23)15-3-1-14(2-4-15)17-6-5-16(24-17)11-20-10-8-18(13-20)7-9-19-12-18;/h1-6,19H,7-13H2;1H. The molecule has 7 heteroatoms. The van der Waals surface area contributed by atoms with Crippen LogP contribution >= 0.6 is 12.4 Å². The molecule has 2 aromatic rings. The molecule has 1 unspecified atom stereocenters. The van der Waals surface area contributed by atoms with E-state index in [4.69, 9.17) is 4.42 Å². The SMILES string of the molecule is Cl.O=[N+]([O-])c1ccc(-c2ccc(CN3CCC4(CCNC4)C3)o2)cc1. The summed E-state index contributed by atoms with van der Waals surface area (Å²) < 4.78 is 5.96. The van der Waals surface area contributed by atoms with Crippen molar-refractivity contribution >= 4 is 18.1 Å². The van der Waals surface area contributed by atoms with Crippen molar-refractivity contribution in [1.29, 1.82) is 0 Å². The molecule has 1 aromatic carbocycles. The van der Waals surface area contributed by atoms with Crippen molar-refractivity contribution in [3.63, 3.8) is 0 Å². The molecule has 2 fully saturated rings. The number of hydrogen-bond acceptors (Lipinski definition) is 5. The molecule has 134 valence electrons. The third-order valence-corrected chi connectivity index (χ3v) is 5.25. The lowest BCUT2D eigenvalue weighted by atomic mass is 9.87. The largest absolute Gasteiger partial charge is 0.460 e. The van der Waals surface area contributed by atoms with Gasteiger partial charge in [-0.15, -0.1) is 12.4 Å². The molecule has 3 heterocycles. The van der Waals surface area contributed by atoms with Gasteiger partial charge in [0.1, 0.15) is 11.5 Å². The molecular formula is C18H22ClN3O3. The second-order valence-corrected chi connectivity index (χ2v) is 6.96. The van der Waals surface area contributed by atoms with Gasteiger partial charge >= 0.3 is 0 Å². The number of nitro benzene ring substituents is 1. The van der Waals surface area contributed by atoms with E-state index in [0.29, 0.717) is 5.41 Å². The summed E-state index contributed by atoms with van der Waals surface area (Å²) in [6, 6.07) is 10.4. The molecule has 2 saturated heterocycles. The van der Waals surface area contributed by atoms with Crippen LogP contribution in [-0.4, -0.2) is 36.0 Å². The number of nitro groups is 1. The quantitative estimate of drug-likeness (QED) is 0.665. The van der Waals surface area contributed by atoms with Crippen molar-refractivity contribution in [2.45, 2.75) is 19.4 Å². The number of furan rings is 1. The first-order valence-electron chi connectivity index (χ1n) is 8.40. The maximum absolute atomic E-state index is 10.7. The van der Waals surface area contributed by atoms with Gasteiger partial charge in [0.15, 0.2) is 0 Å². The lowest BCUT2D eigenvalue weighted by Crippen LogP contribution is -2.28. The third kappa shape index (κ3) is 3.71. The summed E-state index contributed by atoms with van der Waals surface area (Å²) in [5.41, 5.74) is 1.43. The van der Waals surface area contributed by atoms with Gasteiger partial charge in [-0.2, -0.15) is 0 Å². The summed E-state index contributed by atoms with van der Waals surface area (Å²) in [5, 5.41) is 14.2. The number of rotatable bonds is 4. The van der Waals surface area contributed by atoms with Crippen molar-refractivity contribution in [3.05, 3.63) is 52.3 Å². The van der Waals surface area contributed by atoms with Crippen LogP contribution < -0.4 is 5.32 Å². The summed E-state index contributed by atoms with van der Waals surface area (Å²) in [6.45, 7) is 5.35. The first-order valence-corrected chi connectivity index (χ1v) is 8.40. The Kier molecular flexibility index (Phi) is 5.13. The number of halogens is 1. The number of non-ortho nitro benzene ring substituents is 1. The highest BCUT2D eigenvalue weighted by atomic mass is 35.5. The Morgan fingerprint density at radius 3 is 2.68 bits per heavy atom. The van der Waals surface area contributed by atoms with Crippen LogP contribution in [0.25, 0.3) is 11.3 Å². The van der Waals surface area contributed by atoms with Crippen molar-refractivity contribution in [3.8, 4) is 11.3 Å². The van der Waals surface area contributed by atoms with Crippen molar-refractivity contribution in [1.82, 2.24) is 10.2 Å². The summed E-state index contributed by atoms with van der Waals surface area (Å²) in [4.78, 5) is 12.8. The lowest BCUT2D eigenvalue weighted by Gasteiger charge is -2.22. The van der Waals surface area contributed by atoms with Gasteiger partial charge in [-0.3, -0.25) is 15.0 Å². The number of nitrogens with zero attached hydrogens (tertiary/aromatic N) is 2. The molecule has 6 nitrogen and oxygen atoms in total. The van der Waals surface area contributed by atoms with Crippen molar-refractivity contribution in [2.24, 2.45) is 5.41 Å². The molecule has 1 atom stereocenters. The van der Waals surface area contributed by atoms with Crippen LogP contribution in [0.5, 0.6) is 0 Å². The molecule has 2 aliphatic rings. The highest BCUT2D eigenvalue weighted by molar-refractivity contribution is 5.85. The average Bonchev–Trinajstić information content (AvgIpc) is 3.31. The maximum atomic E-state index is 10.7. The maximum Gasteiger partial charge on any atom is 0.269 e. The summed E-state index contributed by atoms with van der Waals surface area (Å²) in [6.07, 6.45) is 2.53. The lowest BCUT2D eigenvalue weighted by molar-refractivity contribution is -0.384. The minimum atomic E-state index is -0.390. The van der Waals surface area contributed by atoms with Gasteiger partial charge in [-0.05, 0) is 55.6 Å². The average molecular weight is 364 g/mol. The van der Waals surface area contributed by atoms with E-state index in [2.05, 4.69) is 10.2 Å². The molecule has 0 saturated carbocycles. The number of benzene rings is 1. The van der Waals surface area contributed by atoms with Gasteiger partial charge < -0.3 is 9.73 Å². The number of hydrogen-bond donors (Lipinski definition) is 1. The molecule has 0 bridgehead atoms. The first kappa shape index (κ1) is 17.9. The molecule has 2 aliphatic heterocycles. The molecule has 25 heavy (non-hydrogen) atoms. The van der Waals surface area contributed by atoms with Gasteiger partial charge in [-0.25, -0.2) is 0 Å². The molecule has 1 spiro atoms. The van der Waals surface area contributed by atoms with E-state index in [1.807, 2.05) is 12.1 Å². The Labute approximate surface area is 152 Å². The van der Waals surface area contributed by atoms with E-state index < -0.39 is 4.92 Å². The predicted octanol–water partition coefficient (Wildman–Crippen LogP) is 3.46. The summed E-state index contributed by atoms with van der Waals surface area (Å²) >= 11 is 0. The van der Waals surface area contributed by atoms with Crippen LogP contribution in [0.2, 0.25) is 0 Å².